The first-order valence-electron chi connectivity index (χ1n) is 6.63. The summed E-state index contributed by atoms with van der Waals surface area (Å²) in [6.07, 6.45) is 1.90. The van der Waals surface area contributed by atoms with E-state index in [9.17, 15) is 9.18 Å². The molecular formula is C16H15FN2O. The Hall–Kier alpha value is -2.36. The number of fused-ring (bicyclic) bond motifs is 1. The third-order valence-electron chi connectivity index (χ3n) is 3.54. The number of benzene rings is 2. The smallest absolute Gasteiger partial charge is 0.319 e. The summed E-state index contributed by atoms with van der Waals surface area (Å²) in [6.45, 7) is 0. The first-order valence-corrected chi connectivity index (χ1v) is 6.63. The molecule has 20 heavy (non-hydrogen) atoms. The van der Waals surface area contributed by atoms with Crippen LogP contribution in [-0.2, 0) is 6.42 Å². The molecule has 3 rings (SSSR count). The molecule has 0 spiro atoms. The fourth-order valence-electron chi connectivity index (χ4n) is 2.57. The molecule has 0 unspecified atom stereocenters. The van der Waals surface area contributed by atoms with E-state index in [0.29, 0.717) is 5.69 Å². The molecule has 0 aliphatic heterocycles. The number of nitrogens with one attached hydrogen (secondary N) is 2. The van der Waals surface area contributed by atoms with Gasteiger partial charge < -0.3 is 10.6 Å². The van der Waals surface area contributed by atoms with Gasteiger partial charge in [0.05, 0.1) is 6.04 Å². The Morgan fingerprint density at radius 2 is 1.85 bits per heavy atom. The van der Waals surface area contributed by atoms with Gasteiger partial charge in [0, 0.05) is 5.69 Å². The third kappa shape index (κ3) is 2.64. The average Bonchev–Trinajstić information content (AvgIpc) is 2.85. The maximum Gasteiger partial charge on any atom is 0.319 e. The quantitative estimate of drug-likeness (QED) is 0.859. The lowest BCUT2D eigenvalue weighted by molar-refractivity contribution is 0.248. The van der Waals surface area contributed by atoms with E-state index < -0.39 is 0 Å². The Morgan fingerprint density at radius 3 is 2.65 bits per heavy atom. The van der Waals surface area contributed by atoms with Crippen molar-refractivity contribution in [2.75, 3.05) is 5.32 Å². The first kappa shape index (κ1) is 12.7. The summed E-state index contributed by atoms with van der Waals surface area (Å²) in [6, 6.07) is 13.6. The highest BCUT2D eigenvalue weighted by atomic mass is 19.1. The van der Waals surface area contributed by atoms with Crippen molar-refractivity contribution in [1.82, 2.24) is 5.32 Å². The van der Waals surface area contributed by atoms with E-state index in [2.05, 4.69) is 16.7 Å². The number of urea groups is 1. The molecule has 1 atom stereocenters. The minimum Gasteiger partial charge on any atom is -0.331 e. The minimum atomic E-state index is -0.319. The molecule has 0 heterocycles. The highest BCUT2D eigenvalue weighted by Crippen LogP contribution is 2.30. The van der Waals surface area contributed by atoms with Gasteiger partial charge in [-0.25, -0.2) is 9.18 Å². The van der Waals surface area contributed by atoms with E-state index in [1.165, 1.54) is 35.4 Å². The number of rotatable bonds is 2. The lowest BCUT2D eigenvalue weighted by Crippen LogP contribution is -2.31. The van der Waals surface area contributed by atoms with Crippen LogP contribution < -0.4 is 10.6 Å². The van der Waals surface area contributed by atoms with Crippen LogP contribution in [0.4, 0.5) is 14.9 Å². The zero-order valence-electron chi connectivity index (χ0n) is 10.9. The fourth-order valence-corrected chi connectivity index (χ4v) is 2.57. The van der Waals surface area contributed by atoms with Gasteiger partial charge in [0.1, 0.15) is 5.82 Å². The molecule has 2 N–H and O–H groups in total. The molecule has 3 nitrogen and oxygen atoms in total. The molecule has 0 radical (unpaired) electrons. The van der Waals surface area contributed by atoms with Gasteiger partial charge in [-0.3, -0.25) is 0 Å². The van der Waals surface area contributed by atoms with Crippen LogP contribution in [0.2, 0.25) is 0 Å². The lowest BCUT2D eigenvalue weighted by Gasteiger charge is -2.14. The number of halogens is 1. The maximum atomic E-state index is 12.8. The standard InChI is InChI=1S/C16H15FN2O/c17-12-6-8-13(9-7-12)18-16(20)19-15-10-5-11-3-1-2-4-14(11)15/h1-4,6-9,15H,5,10H2,(H2,18,19,20)/t15-/m0/s1. The van der Waals surface area contributed by atoms with Crippen molar-refractivity contribution in [2.24, 2.45) is 0 Å². The number of hydrogen-bond acceptors (Lipinski definition) is 1. The Kier molecular flexibility index (Phi) is 3.37. The van der Waals surface area contributed by atoms with E-state index in [1.54, 1.807) is 0 Å². The Bertz CT molecular complexity index is 625. The third-order valence-corrected chi connectivity index (χ3v) is 3.54. The van der Waals surface area contributed by atoms with E-state index in [0.717, 1.165) is 12.8 Å². The summed E-state index contributed by atoms with van der Waals surface area (Å²) in [5.41, 5.74) is 3.05. The fraction of sp³-hybridized carbons (Fsp3) is 0.188. The Labute approximate surface area is 116 Å². The first-order chi connectivity index (χ1) is 9.72. The second-order valence-corrected chi connectivity index (χ2v) is 4.90. The topological polar surface area (TPSA) is 41.1 Å². The van der Waals surface area contributed by atoms with Crippen molar-refractivity contribution in [1.29, 1.82) is 0 Å². The summed E-state index contributed by atoms with van der Waals surface area (Å²) in [5, 5.41) is 5.66. The van der Waals surface area contributed by atoms with Crippen LogP contribution in [0.5, 0.6) is 0 Å². The van der Waals surface area contributed by atoms with Gasteiger partial charge in [0.2, 0.25) is 0 Å². The second kappa shape index (κ2) is 5.33. The lowest BCUT2D eigenvalue weighted by atomic mass is 10.1. The van der Waals surface area contributed by atoms with E-state index in [-0.39, 0.29) is 17.9 Å². The van der Waals surface area contributed by atoms with Crippen molar-refractivity contribution in [3.63, 3.8) is 0 Å². The zero-order valence-corrected chi connectivity index (χ0v) is 10.9. The summed E-state index contributed by atoms with van der Waals surface area (Å²) in [5.74, 6) is -0.319. The molecule has 0 saturated heterocycles. The van der Waals surface area contributed by atoms with E-state index >= 15 is 0 Å². The largest absolute Gasteiger partial charge is 0.331 e. The van der Waals surface area contributed by atoms with Crippen LogP contribution in [0, 0.1) is 5.82 Å². The molecule has 1 aliphatic carbocycles. The molecule has 2 aromatic rings. The predicted molar refractivity (Wildman–Crippen MR) is 76.1 cm³/mol. The van der Waals surface area contributed by atoms with Crippen molar-refractivity contribution in [3.8, 4) is 0 Å². The van der Waals surface area contributed by atoms with Gasteiger partial charge in [0.25, 0.3) is 0 Å². The highest BCUT2D eigenvalue weighted by Gasteiger charge is 2.23. The molecular weight excluding hydrogens is 255 g/mol. The highest BCUT2D eigenvalue weighted by molar-refractivity contribution is 5.89. The monoisotopic (exact) mass is 270 g/mol. The number of carbonyl (C=O) groups excluding carboxylic acids is 1. The summed E-state index contributed by atoms with van der Waals surface area (Å²) in [7, 11) is 0. The van der Waals surface area contributed by atoms with Gasteiger partial charge in [0.15, 0.2) is 0 Å². The van der Waals surface area contributed by atoms with Crippen LogP contribution in [-0.4, -0.2) is 6.03 Å². The number of anilines is 1. The van der Waals surface area contributed by atoms with E-state index in [1.807, 2.05) is 18.2 Å². The average molecular weight is 270 g/mol. The molecule has 102 valence electrons. The van der Waals surface area contributed by atoms with Gasteiger partial charge in [-0.2, -0.15) is 0 Å². The van der Waals surface area contributed by atoms with Gasteiger partial charge in [-0.15, -0.1) is 0 Å². The van der Waals surface area contributed by atoms with E-state index in [4.69, 9.17) is 0 Å². The summed E-state index contributed by atoms with van der Waals surface area (Å²) in [4.78, 5) is 11.9. The predicted octanol–water partition coefficient (Wildman–Crippen LogP) is 3.63. The molecule has 2 amide bonds. The molecule has 0 aromatic heterocycles. The van der Waals surface area contributed by atoms with Crippen LogP contribution >= 0.6 is 0 Å². The van der Waals surface area contributed by atoms with Crippen LogP contribution in [0.3, 0.4) is 0 Å². The zero-order chi connectivity index (χ0) is 13.9. The number of carbonyl (C=O) groups is 1. The van der Waals surface area contributed by atoms with Gasteiger partial charge in [-0.1, -0.05) is 24.3 Å². The SMILES string of the molecule is O=C(Nc1ccc(F)cc1)N[C@H]1CCc2ccccc21. The molecule has 0 bridgehead atoms. The minimum absolute atomic E-state index is 0.0478. The normalized spacial score (nSPS) is 16.6. The number of aryl methyl sites for hydroxylation is 1. The number of amides is 2. The Balaban J connectivity index is 1.64. The molecule has 1 aliphatic rings. The second-order valence-electron chi connectivity index (χ2n) is 4.90. The molecule has 4 heteroatoms. The van der Waals surface area contributed by atoms with Crippen molar-refractivity contribution >= 4 is 11.7 Å². The van der Waals surface area contributed by atoms with Gasteiger partial charge >= 0.3 is 6.03 Å². The molecule has 0 saturated carbocycles. The van der Waals surface area contributed by atoms with Crippen LogP contribution in [0.25, 0.3) is 0 Å². The van der Waals surface area contributed by atoms with Gasteiger partial charge in [-0.05, 0) is 48.2 Å². The Morgan fingerprint density at radius 1 is 1.10 bits per heavy atom. The van der Waals surface area contributed by atoms with Crippen molar-refractivity contribution in [3.05, 3.63) is 65.5 Å². The molecule has 0 fully saturated rings. The summed E-state index contributed by atoms with van der Waals surface area (Å²) >= 11 is 0. The summed E-state index contributed by atoms with van der Waals surface area (Å²) < 4.78 is 12.8. The number of hydrogen-bond donors (Lipinski definition) is 2. The maximum absolute atomic E-state index is 12.8. The van der Waals surface area contributed by atoms with Crippen molar-refractivity contribution < 1.29 is 9.18 Å². The molecule has 2 aromatic carbocycles. The van der Waals surface area contributed by atoms with Crippen molar-refractivity contribution in [2.45, 2.75) is 18.9 Å². The van der Waals surface area contributed by atoms with Crippen LogP contribution in [0.1, 0.15) is 23.6 Å². The van der Waals surface area contributed by atoms with Crippen LogP contribution in [0.15, 0.2) is 48.5 Å².